The van der Waals surface area contributed by atoms with E-state index in [0.29, 0.717) is 12.0 Å². The van der Waals surface area contributed by atoms with Gasteiger partial charge in [-0.2, -0.15) is 9.61 Å². The highest BCUT2D eigenvalue weighted by molar-refractivity contribution is 5.67. The van der Waals surface area contributed by atoms with Crippen LogP contribution in [-0.2, 0) is 6.54 Å². The Morgan fingerprint density at radius 1 is 1.15 bits per heavy atom. The third-order valence-electron chi connectivity index (χ3n) is 5.36. The highest BCUT2D eigenvalue weighted by atomic mass is 15.3. The van der Waals surface area contributed by atoms with Gasteiger partial charge in [0.1, 0.15) is 6.33 Å². The van der Waals surface area contributed by atoms with Crippen LogP contribution in [0.25, 0.3) is 5.65 Å². The van der Waals surface area contributed by atoms with E-state index in [-0.39, 0.29) is 0 Å². The zero-order valence-corrected chi connectivity index (χ0v) is 14.8. The first-order chi connectivity index (χ1) is 12.8. The molecule has 7 nitrogen and oxygen atoms in total. The summed E-state index contributed by atoms with van der Waals surface area (Å²) in [6.45, 7) is 3.17. The van der Waals surface area contributed by atoms with Crippen LogP contribution in [0.3, 0.4) is 0 Å². The lowest BCUT2D eigenvalue weighted by atomic mass is 10.0. The smallest absolute Gasteiger partial charge is 0.200 e. The Morgan fingerprint density at radius 3 is 2.81 bits per heavy atom. The number of aromatic nitrogens is 5. The number of piperidine rings is 1. The van der Waals surface area contributed by atoms with Gasteiger partial charge in [0.15, 0.2) is 0 Å². The van der Waals surface area contributed by atoms with Crippen LogP contribution in [0, 0.1) is 0 Å². The van der Waals surface area contributed by atoms with Gasteiger partial charge in [-0.15, -0.1) is 10.2 Å². The molecule has 134 valence electrons. The van der Waals surface area contributed by atoms with Crippen molar-refractivity contribution in [3.63, 3.8) is 0 Å². The van der Waals surface area contributed by atoms with Crippen molar-refractivity contribution in [2.45, 2.75) is 44.2 Å². The molecule has 1 aliphatic carbocycles. The molecule has 2 fully saturated rings. The molecule has 0 unspecified atom stereocenters. The fourth-order valence-electron chi connectivity index (χ4n) is 3.74. The zero-order chi connectivity index (χ0) is 17.3. The number of hydrogen-bond donors (Lipinski definition) is 1. The summed E-state index contributed by atoms with van der Waals surface area (Å²) < 4.78 is 1.81. The lowest BCUT2D eigenvalue weighted by Crippen LogP contribution is -2.38. The van der Waals surface area contributed by atoms with E-state index in [9.17, 15) is 0 Å². The average Bonchev–Trinajstić information content (AvgIpc) is 3.42. The minimum Gasteiger partial charge on any atom is -0.379 e. The van der Waals surface area contributed by atoms with Gasteiger partial charge in [-0.05, 0) is 43.4 Å². The van der Waals surface area contributed by atoms with Gasteiger partial charge >= 0.3 is 0 Å². The Kier molecular flexibility index (Phi) is 4.01. The van der Waals surface area contributed by atoms with E-state index in [2.05, 4.69) is 42.6 Å². The molecule has 0 amide bonds. The van der Waals surface area contributed by atoms with Crippen molar-refractivity contribution in [3.05, 3.63) is 48.2 Å². The third kappa shape index (κ3) is 3.26. The standard InChI is InChI=1S/C19H23N7/c1-2-14(11-20-7-1)12-25-8-5-16(6-9-25)22-18-10-17(15-3-4-15)24-26-13-21-23-19(18)26/h1-2,7,10-11,13,15-16,22H,3-6,8-9,12H2. The fourth-order valence-corrected chi connectivity index (χ4v) is 3.74. The van der Waals surface area contributed by atoms with Crippen molar-refractivity contribution in [1.29, 1.82) is 0 Å². The van der Waals surface area contributed by atoms with Crippen LogP contribution < -0.4 is 5.32 Å². The first kappa shape index (κ1) is 15.7. The predicted molar refractivity (Wildman–Crippen MR) is 98.9 cm³/mol. The van der Waals surface area contributed by atoms with E-state index >= 15 is 0 Å². The number of fused-ring (bicyclic) bond motifs is 1. The lowest BCUT2D eigenvalue weighted by Gasteiger charge is -2.32. The van der Waals surface area contributed by atoms with Gasteiger partial charge in [0.2, 0.25) is 5.65 Å². The molecule has 2 aliphatic rings. The summed E-state index contributed by atoms with van der Waals surface area (Å²) in [6, 6.07) is 6.81. The van der Waals surface area contributed by atoms with Gasteiger partial charge in [-0.1, -0.05) is 6.07 Å². The predicted octanol–water partition coefficient (Wildman–Crippen LogP) is 2.47. The minimum absolute atomic E-state index is 0.468. The van der Waals surface area contributed by atoms with E-state index in [4.69, 9.17) is 0 Å². The van der Waals surface area contributed by atoms with E-state index in [1.807, 2.05) is 23.0 Å². The minimum atomic E-state index is 0.468. The van der Waals surface area contributed by atoms with E-state index in [0.717, 1.165) is 49.5 Å². The number of anilines is 1. The highest BCUT2D eigenvalue weighted by Crippen LogP contribution is 2.40. The summed E-state index contributed by atoms with van der Waals surface area (Å²) in [5.74, 6) is 0.615. The molecule has 0 atom stereocenters. The normalized spacial score (nSPS) is 19.1. The van der Waals surface area contributed by atoms with Crippen LogP contribution in [-0.4, -0.2) is 48.8 Å². The summed E-state index contributed by atoms with van der Waals surface area (Å²) in [4.78, 5) is 6.72. The topological polar surface area (TPSA) is 71.2 Å². The maximum atomic E-state index is 4.65. The first-order valence-electron chi connectivity index (χ1n) is 9.44. The fraction of sp³-hybridized carbons (Fsp3) is 0.474. The van der Waals surface area contributed by atoms with Crippen LogP contribution in [0.2, 0.25) is 0 Å². The molecule has 3 aromatic heterocycles. The monoisotopic (exact) mass is 349 g/mol. The van der Waals surface area contributed by atoms with Gasteiger partial charge in [-0.3, -0.25) is 9.88 Å². The second-order valence-corrected chi connectivity index (χ2v) is 7.41. The van der Waals surface area contributed by atoms with Crippen molar-refractivity contribution in [3.8, 4) is 0 Å². The number of nitrogens with one attached hydrogen (secondary N) is 1. The van der Waals surface area contributed by atoms with Crippen molar-refractivity contribution in [2.75, 3.05) is 18.4 Å². The lowest BCUT2D eigenvalue weighted by molar-refractivity contribution is 0.211. The molecule has 0 bridgehead atoms. The third-order valence-corrected chi connectivity index (χ3v) is 5.36. The van der Waals surface area contributed by atoms with Crippen molar-refractivity contribution in [2.24, 2.45) is 0 Å². The SMILES string of the molecule is c1cncc(CN2CCC(Nc3cc(C4CC4)nn4cnnc34)CC2)c1. The second kappa shape index (κ2) is 6.64. The van der Waals surface area contributed by atoms with Crippen molar-refractivity contribution >= 4 is 11.3 Å². The number of nitrogens with zero attached hydrogens (tertiary/aromatic N) is 6. The van der Waals surface area contributed by atoms with E-state index in [1.165, 1.54) is 18.4 Å². The van der Waals surface area contributed by atoms with Crippen LogP contribution in [0.1, 0.15) is 42.9 Å². The summed E-state index contributed by atoms with van der Waals surface area (Å²) in [5, 5.41) is 16.6. The van der Waals surface area contributed by atoms with Gasteiger partial charge in [0.25, 0.3) is 0 Å². The Bertz CT molecular complexity index is 879. The molecule has 26 heavy (non-hydrogen) atoms. The first-order valence-corrected chi connectivity index (χ1v) is 9.44. The summed E-state index contributed by atoms with van der Waals surface area (Å²) in [7, 11) is 0. The highest BCUT2D eigenvalue weighted by Gasteiger charge is 2.27. The largest absolute Gasteiger partial charge is 0.379 e. The molecular weight excluding hydrogens is 326 g/mol. The van der Waals surface area contributed by atoms with Crippen LogP contribution in [0.4, 0.5) is 5.69 Å². The quantitative estimate of drug-likeness (QED) is 0.763. The zero-order valence-electron chi connectivity index (χ0n) is 14.8. The molecule has 0 spiro atoms. The maximum absolute atomic E-state index is 4.65. The van der Waals surface area contributed by atoms with Crippen molar-refractivity contribution < 1.29 is 0 Å². The molecule has 0 aromatic carbocycles. The molecule has 0 radical (unpaired) electrons. The van der Waals surface area contributed by atoms with Gasteiger partial charge in [0.05, 0.1) is 11.4 Å². The molecule has 1 N–H and O–H groups in total. The van der Waals surface area contributed by atoms with E-state index < -0.39 is 0 Å². The number of likely N-dealkylation sites (tertiary alicyclic amines) is 1. The average molecular weight is 349 g/mol. The van der Waals surface area contributed by atoms with Gasteiger partial charge in [-0.25, -0.2) is 0 Å². The molecule has 1 saturated carbocycles. The Hall–Kier alpha value is -2.54. The molecule has 1 saturated heterocycles. The van der Waals surface area contributed by atoms with E-state index in [1.54, 1.807) is 6.33 Å². The van der Waals surface area contributed by atoms with Gasteiger partial charge in [0, 0.05) is 44.0 Å². The molecule has 7 heteroatoms. The number of rotatable bonds is 5. The molecule has 5 rings (SSSR count). The molecule has 4 heterocycles. The number of hydrogen-bond acceptors (Lipinski definition) is 6. The summed E-state index contributed by atoms with van der Waals surface area (Å²) >= 11 is 0. The maximum Gasteiger partial charge on any atom is 0.200 e. The number of pyridine rings is 1. The van der Waals surface area contributed by atoms with Gasteiger partial charge < -0.3 is 5.32 Å². The Balaban J connectivity index is 1.25. The summed E-state index contributed by atoms with van der Waals surface area (Å²) in [5.41, 5.74) is 4.35. The molecular formula is C19H23N7. The Morgan fingerprint density at radius 2 is 2.04 bits per heavy atom. The van der Waals surface area contributed by atoms with Crippen LogP contribution >= 0.6 is 0 Å². The Labute approximate surface area is 152 Å². The second-order valence-electron chi connectivity index (χ2n) is 7.41. The summed E-state index contributed by atoms with van der Waals surface area (Å²) in [6.07, 6.45) is 10.2. The molecule has 3 aromatic rings. The molecule has 1 aliphatic heterocycles. The van der Waals surface area contributed by atoms with Crippen LogP contribution in [0.15, 0.2) is 36.9 Å². The van der Waals surface area contributed by atoms with Crippen molar-refractivity contribution in [1.82, 2.24) is 29.7 Å². The van der Waals surface area contributed by atoms with Crippen LogP contribution in [0.5, 0.6) is 0 Å².